The van der Waals surface area contributed by atoms with Crippen molar-refractivity contribution in [3.05, 3.63) is 35.4 Å². The minimum Gasteiger partial charge on any atom is -0.329 e. The minimum atomic E-state index is -0.560. The summed E-state index contributed by atoms with van der Waals surface area (Å²) in [6.45, 7) is 0. The van der Waals surface area contributed by atoms with Crippen molar-refractivity contribution in [2.75, 3.05) is 0 Å². The molecular weight excluding hydrogens is 258 g/mol. The molecule has 1 aliphatic heterocycles. The third-order valence-electron chi connectivity index (χ3n) is 3.88. The molecule has 20 heavy (non-hydrogen) atoms. The van der Waals surface area contributed by atoms with Gasteiger partial charge in [-0.1, -0.05) is 36.5 Å². The Bertz CT molecular complexity index is 540. The normalized spacial score (nSPS) is 19.1. The van der Waals surface area contributed by atoms with Gasteiger partial charge in [0.25, 0.3) is 11.8 Å². The van der Waals surface area contributed by atoms with Crippen molar-refractivity contribution in [1.29, 1.82) is 0 Å². The number of hydrogen-bond acceptors (Lipinski definition) is 4. The summed E-state index contributed by atoms with van der Waals surface area (Å²) in [5.74, 6) is -1.79. The van der Waals surface area contributed by atoms with Crippen LogP contribution < -0.4 is 0 Å². The van der Waals surface area contributed by atoms with E-state index in [-0.39, 0.29) is 17.0 Å². The number of carbonyl (C=O) groups excluding carboxylic acids is 3. The highest BCUT2D eigenvalue weighted by atomic mass is 16.7. The topological polar surface area (TPSA) is 63.7 Å². The molecule has 3 rings (SSSR count). The molecule has 1 fully saturated rings. The van der Waals surface area contributed by atoms with E-state index in [4.69, 9.17) is 4.84 Å². The molecule has 0 atom stereocenters. The van der Waals surface area contributed by atoms with E-state index in [2.05, 4.69) is 0 Å². The zero-order valence-corrected chi connectivity index (χ0v) is 11.0. The molecule has 5 heteroatoms. The Morgan fingerprint density at radius 3 is 2.10 bits per heavy atom. The van der Waals surface area contributed by atoms with Gasteiger partial charge in [0.1, 0.15) is 0 Å². The first-order valence-corrected chi connectivity index (χ1v) is 6.88. The van der Waals surface area contributed by atoms with Crippen LogP contribution in [-0.4, -0.2) is 22.8 Å². The fraction of sp³-hybridized carbons (Fsp3) is 0.400. The zero-order chi connectivity index (χ0) is 14.1. The summed E-state index contributed by atoms with van der Waals surface area (Å²) in [6, 6.07) is 6.47. The number of hydroxylamine groups is 2. The Balaban J connectivity index is 1.74. The smallest absolute Gasteiger partial charge is 0.329 e. The summed E-state index contributed by atoms with van der Waals surface area (Å²) < 4.78 is 0. The summed E-state index contributed by atoms with van der Waals surface area (Å²) in [5, 5.41) is 0.599. The Labute approximate surface area is 116 Å². The Kier molecular flexibility index (Phi) is 3.26. The van der Waals surface area contributed by atoms with E-state index in [0.29, 0.717) is 5.06 Å². The van der Waals surface area contributed by atoms with Crippen molar-refractivity contribution in [2.45, 2.75) is 32.1 Å². The maximum atomic E-state index is 12.1. The Morgan fingerprint density at radius 2 is 1.55 bits per heavy atom. The molecule has 0 bridgehead atoms. The molecule has 5 nitrogen and oxygen atoms in total. The van der Waals surface area contributed by atoms with Gasteiger partial charge in [0.2, 0.25) is 0 Å². The van der Waals surface area contributed by atoms with Gasteiger partial charge in [-0.05, 0) is 25.0 Å². The highest BCUT2D eigenvalue weighted by molar-refractivity contribution is 6.20. The van der Waals surface area contributed by atoms with Crippen molar-refractivity contribution in [3.63, 3.8) is 0 Å². The molecule has 1 aromatic rings. The van der Waals surface area contributed by atoms with Gasteiger partial charge in [0, 0.05) is 0 Å². The maximum absolute atomic E-state index is 12.1. The minimum absolute atomic E-state index is 0.201. The van der Waals surface area contributed by atoms with Crippen molar-refractivity contribution >= 4 is 17.8 Å². The fourth-order valence-corrected chi connectivity index (χ4v) is 2.75. The van der Waals surface area contributed by atoms with Gasteiger partial charge in [-0.15, -0.1) is 0 Å². The lowest BCUT2D eigenvalue weighted by Crippen LogP contribution is -2.35. The predicted octanol–water partition coefficient (Wildman–Crippen LogP) is 2.32. The monoisotopic (exact) mass is 273 g/mol. The Hall–Kier alpha value is -2.17. The van der Waals surface area contributed by atoms with E-state index in [9.17, 15) is 14.4 Å². The molecule has 2 aliphatic rings. The molecule has 104 valence electrons. The van der Waals surface area contributed by atoms with Crippen LogP contribution in [0.1, 0.15) is 52.8 Å². The second kappa shape index (κ2) is 5.07. The number of hydrogen-bond donors (Lipinski definition) is 0. The third-order valence-corrected chi connectivity index (χ3v) is 3.88. The number of imide groups is 1. The van der Waals surface area contributed by atoms with E-state index in [0.717, 1.165) is 32.1 Å². The number of amides is 2. The molecule has 0 unspecified atom stereocenters. The average molecular weight is 273 g/mol. The summed E-state index contributed by atoms with van der Waals surface area (Å²) >= 11 is 0. The SMILES string of the molecule is O=C(ON1C(=O)c2ccccc2C1=O)C1CCCCC1. The number of benzene rings is 1. The van der Waals surface area contributed by atoms with Gasteiger partial charge >= 0.3 is 5.97 Å². The summed E-state index contributed by atoms with van der Waals surface area (Å²) in [5.41, 5.74) is 0.572. The maximum Gasteiger partial charge on any atom is 0.336 e. The van der Waals surface area contributed by atoms with E-state index < -0.39 is 17.8 Å². The first-order valence-electron chi connectivity index (χ1n) is 6.88. The molecule has 1 heterocycles. The number of carbonyl (C=O) groups is 3. The highest BCUT2D eigenvalue weighted by Gasteiger charge is 2.39. The number of fused-ring (bicyclic) bond motifs is 1. The van der Waals surface area contributed by atoms with Crippen LogP contribution in [0.4, 0.5) is 0 Å². The van der Waals surface area contributed by atoms with Crippen molar-refractivity contribution < 1.29 is 19.2 Å². The van der Waals surface area contributed by atoms with Crippen molar-refractivity contribution in [1.82, 2.24) is 5.06 Å². The summed E-state index contributed by atoms with van der Waals surface area (Å²) in [6.07, 6.45) is 4.63. The molecule has 0 aromatic heterocycles. The first kappa shape index (κ1) is 12.8. The lowest BCUT2D eigenvalue weighted by molar-refractivity contribution is -0.174. The van der Waals surface area contributed by atoms with Gasteiger partial charge in [-0.2, -0.15) is 0 Å². The van der Waals surface area contributed by atoms with E-state index >= 15 is 0 Å². The Morgan fingerprint density at radius 1 is 1.00 bits per heavy atom. The molecule has 1 aromatic carbocycles. The predicted molar refractivity (Wildman–Crippen MR) is 69.6 cm³/mol. The molecule has 1 saturated carbocycles. The van der Waals surface area contributed by atoms with Gasteiger partial charge in [-0.3, -0.25) is 9.59 Å². The second-order valence-electron chi connectivity index (χ2n) is 5.20. The summed E-state index contributed by atoms with van der Waals surface area (Å²) in [7, 11) is 0. The lowest BCUT2D eigenvalue weighted by atomic mass is 9.89. The molecule has 1 aliphatic carbocycles. The highest BCUT2D eigenvalue weighted by Crippen LogP contribution is 2.27. The molecule has 0 spiro atoms. The van der Waals surface area contributed by atoms with E-state index in [1.54, 1.807) is 24.3 Å². The van der Waals surface area contributed by atoms with Gasteiger partial charge in [0.05, 0.1) is 17.0 Å². The molecule has 0 saturated heterocycles. The first-order chi connectivity index (χ1) is 9.68. The van der Waals surface area contributed by atoms with E-state index in [1.165, 1.54) is 0 Å². The fourth-order valence-electron chi connectivity index (χ4n) is 2.75. The quantitative estimate of drug-likeness (QED) is 0.776. The molecule has 0 N–H and O–H groups in total. The van der Waals surface area contributed by atoms with Crippen LogP contribution in [0.2, 0.25) is 0 Å². The third kappa shape index (κ3) is 2.09. The van der Waals surface area contributed by atoms with Crippen LogP contribution in [0, 0.1) is 5.92 Å². The lowest BCUT2D eigenvalue weighted by Gasteiger charge is -2.21. The van der Waals surface area contributed by atoms with Crippen LogP contribution in [0.5, 0.6) is 0 Å². The summed E-state index contributed by atoms with van der Waals surface area (Å²) in [4.78, 5) is 41.2. The standard InChI is InChI=1S/C15H15NO4/c17-13-11-8-4-5-9-12(11)14(18)16(13)20-15(19)10-6-2-1-3-7-10/h4-5,8-10H,1-3,6-7H2. The van der Waals surface area contributed by atoms with E-state index in [1.807, 2.05) is 0 Å². The molecule has 0 radical (unpaired) electrons. The average Bonchev–Trinajstić information content (AvgIpc) is 2.74. The molecular formula is C15H15NO4. The van der Waals surface area contributed by atoms with Gasteiger partial charge in [-0.25, -0.2) is 4.79 Å². The van der Waals surface area contributed by atoms with Crippen LogP contribution in [0.15, 0.2) is 24.3 Å². The second-order valence-corrected chi connectivity index (χ2v) is 5.20. The van der Waals surface area contributed by atoms with Crippen LogP contribution in [0.25, 0.3) is 0 Å². The molecule has 2 amide bonds. The van der Waals surface area contributed by atoms with Gasteiger partial charge in [0.15, 0.2) is 0 Å². The van der Waals surface area contributed by atoms with Crippen LogP contribution in [-0.2, 0) is 9.63 Å². The van der Waals surface area contributed by atoms with Crippen molar-refractivity contribution in [3.8, 4) is 0 Å². The zero-order valence-electron chi connectivity index (χ0n) is 11.0. The van der Waals surface area contributed by atoms with Crippen LogP contribution >= 0.6 is 0 Å². The number of nitrogens with zero attached hydrogens (tertiary/aromatic N) is 1. The number of rotatable bonds is 2. The van der Waals surface area contributed by atoms with Crippen molar-refractivity contribution in [2.24, 2.45) is 5.92 Å². The van der Waals surface area contributed by atoms with Crippen LogP contribution in [0.3, 0.4) is 0 Å². The largest absolute Gasteiger partial charge is 0.336 e. The van der Waals surface area contributed by atoms with Gasteiger partial charge < -0.3 is 4.84 Å².